The van der Waals surface area contributed by atoms with Gasteiger partial charge in [0.15, 0.2) is 0 Å². The molecule has 3 saturated heterocycles. The fourth-order valence-corrected chi connectivity index (χ4v) is 5.63. The minimum Gasteiger partial charge on any atom is -0.490 e. The largest absolute Gasteiger partial charge is 0.490 e. The molecule has 5 rings (SSSR count). The summed E-state index contributed by atoms with van der Waals surface area (Å²) in [7, 11) is 0. The number of nitrogens with zero attached hydrogens (tertiary/aromatic N) is 3. The van der Waals surface area contributed by atoms with Crippen molar-refractivity contribution in [1.29, 1.82) is 0 Å². The molecule has 1 aliphatic carbocycles. The highest BCUT2D eigenvalue weighted by atomic mass is 16.5. The summed E-state index contributed by atoms with van der Waals surface area (Å²) in [6.45, 7) is 5.93. The number of hydrogen-bond acceptors (Lipinski definition) is 4. The molecule has 1 aromatic carbocycles. The number of carbonyl (C=O) groups excluding carboxylic acids is 1. The van der Waals surface area contributed by atoms with E-state index in [4.69, 9.17) is 4.74 Å². The van der Waals surface area contributed by atoms with Crippen LogP contribution in [-0.2, 0) is 4.79 Å². The van der Waals surface area contributed by atoms with Gasteiger partial charge in [0.05, 0.1) is 6.04 Å². The molecule has 0 bridgehead atoms. The fraction of sp³-hybridized carbons (Fsp3) is 0.708. The van der Waals surface area contributed by atoms with Gasteiger partial charge in [-0.25, -0.2) is 0 Å². The van der Waals surface area contributed by atoms with Gasteiger partial charge in [0.25, 0.3) is 0 Å². The molecule has 0 radical (unpaired) electrons. The maximum atomic E-state index is 12.5. The molecular formula is C24H35N3O2. The van der Waals surface area contributed by atoms with Gasteiger partial charge >= 0.3 is 0 Å². The van der Waals surface area contributed by atoms with Crippen LogP contribution in [0, 0.1) is 0 Å². The molecule has 1 saturated carbocycles. The third-order valence-corrected chi connectivity index (χ3v) is 7.39. The van der Waals surface area contributed by atoms with Gasteiger partial charge in [0.1, 0.15) is 11.9 Å². The lowest BCUT2D eigenvalue weighted by Crippen LogP contribution is -2.50. The lowest BCUT2D eigenvalue weighted by atomic mass is 9.86. The van der Waals surface area contributed by atoms with E-state index in [1.165, 1.54) is 58.3 Å². The van der Waals surface area contributed by atoms with E-state index in [0.717, 1.165) is 43.3 Å². The quantitative estimate of drug-likeness (QED) is 0.734. The molecule has 5 heteroatoms. The maximum Gasteiger partial charge on any atom is 0.227 e. The lowest BCUT2D eigenvalue weighted by Gasteiger charge is -2.44. The van der Waals surface area contributed by atoms with Crippen molar-refractivity contribution in [3.63, 3.8) is 0 Å². The number of ether oxygens (including phenoxy) is 1. The van der Waals surface area contributed by atoms with Gasteiger partial charge in [-0.05, 0) is 82.5 Å². The van der Waals surface area contributed by atoms with E-state index in [-0.39, 0.29) is 5.91 Å². The highest BCUT2D eigenvalue weighted by Gasteiger charge is 2.36. The second-order valence-corrected chi connectivity index (χ2v) is 9.42. The van der Waals surface area contributed by atoms with Gasteiger partial charge in [-0.1, -0.05) is 6.42 Å². The van der Waals surface area contributed by atoms with Crippen LogP contribution in [0.4, 0.5) is 5.69 Å². The molecular weight excluding hydrogens is 362 g/mol. The Bertz CT molecular complexity index is 689. The van der Waals surface area contributed by atoms with Crippen molar-refractivity contribution >= 4 is 11.6 Å². The normalized spacial score (nSPS) is 31.2. The van der Waals surface area contributed by atoms with E-state index in [9.17, 15) is 4.79 Å². The zero-order chi connectivity index (χ0) is 19.6. The van der Waals surface area contributed by atoms with Crippen LogP contribution in [0.5, 0.6) is 5.75 Å². The summed E-state index contributed by atoms with van der Waals surface area (Å²) in [5.41, 5.74) is 1.03. The van der Waals surface area contributed by atoms with Crippen molar-refractivity contribution in [2.45, 2.75) is 76.0 Å². The molecule has 158 valence electrons. The maximum absolute atomic E-state index is 12.5. The zero-order valence-electron chi connectivity index (χ0n) is 17.6. The zero-order valence-corrected chi connectivity index (χ0v) is 17.6. The third kappa shape index (κ3) is 4.31. The fourth-order valence-electron chi connectivity index (χ4n) is 5.63. The minimum absolute atomic E-state index is 0.270. The Morgan fingerprint density at radius 1 is 0.897 bits per heavy atom. The van der Waals surface area contributed by atoms with Gasteiger partial charge in [0, 0.05) is 37.5 Å². The van der Waals surface area contributed by atoms with E-state index < -0.39 is 0 Å². The number of hydrogen-bond donors (Lipinski definition) is 0. The molecule has 0 N–H and O–H groups in total. The number of likely N-dealkylation sites (tertiary alicyclic amines) is 2. The van der Waals surface area contributed by atoms with Crippen molar-refractivity contribution in [3.05, 3.63) is 24.3 Å². The Labute approximate surface area is 175 Å². The van der Waals surface area contributed by atoms with Gasteiger partial charge in [0.2, 0.25) is 5.91 Å². The van der Waals surface area contributed by atoms with Crippen molar-refractivity contribution in [2.75, 3.05) is 37.6 Å². The first-order valence-electron chi connectivity index (χ1n) is 11.8. The molecule has 0 aromatic heterocycles. The summed E-state index contributed by atoms with van der Waals surface area (Å²) < 4.78 is 6.21. The van der Waals surface area contributed by atoms with Crippen LogP contribution < -0.4 is 9.64 Å². The van der Waals surface area contributed by atoms with Crippen LogP contribution in [0.15, 0.2) is 24.3 Å². The molecule has 29 heavy (non-hydrogen) atoms. The molecule has 0 unspecified atom stereocenters. The molecule has 1 amide bonds. The number of carbonyl (C=O) groups is 1. The predicted octanol–water partition coefficient (Wildman–Crippen LogP) is 3.67. The van der Waals surface area contributed by atoms with Crippen LogP contribution in [0.3, 0.4) is 0 Å². The molecule has 1 aromatic rings. The number of anilines is 1. The summed E-state index contributed by atoms with van der Waals surface area (Å²) in [5, 5.41) is 0. The van der Waals surface area contributed by atoms with Gasteiger partial charge < -0.3 is 19.4 Å². The first-order chi connectivity index (χ1) is 14.3. The average Bonchev–Trinajstić information content (AvgIpc) is 3.36. The van der Waals surface area contributed by atoms with Gasteiger partial charge in [-0.2, -0.15) is 0 Å². The summed E-state index contributed by atoms with van der Waals surface area (Å²) >= 11 is 0. The second-order valence-electron chi connectivity index (χ2n) is 9.42. The number of piperidine rings is 1. The first-order valence-corrected chi connectivity index (χ1v) is 11.8. The predicted molar refractivity (Wildman–Crippen MR) is 115 cm³/mol. The van der Waals surface area contributed by atoms with Crippen LogP contribution >= 0.6 is 0 Å². The molecule has 3 aliphatic heterocycles. The summed E-state index contributed by atoms with van der Waals surface area (Å²) in [6, 6.07) is 9.33. The Morgan fingerprint density at radius 3 is 2.31 bits per heavy atom. The smallest absolute Gasteiger partial charge is 0.227 e. The Morgan fingerprint density at radius 2 is 1.59 bits per heavy atom. The Balaban J connectivity index is 1.15. The van der Waals surface area contributed by atoms with E-state index in [0.29, 0.717) is 18.6 Å². The molecule has 3 heterocycles. The number of rotatable bonds is 6. The topological polar surface area (TPSA) is 36.0 Å². The first kappa shape index (κ1) is 19.4. The van der Waals surface area contributed by atoms with E-state index >= 15 is 0 Å². The van der Waals surface area contributed by atoms with E-state index in [2.05, 4.69) is 34.1 Å². The van der Waals surface area contributed by atoms with Crippen molar-refractivity contribution in [1.82, 2.24) is 9.80 Å². The van der Waals surface area contributed by atoms with Gasteiger partial charge in [-0.15, -0.1) is 0 Å². The highest BCUT2D eigenvalue weighted by Crippen LogP contribution is 2.33. The molecule has 0 spiro atoms. The van der Waals surface area contributed by atoms with Crippen LogP contribution in [0.1, 0.15) is 57.8 Å². The van der Waals surface area contributed by atoms with E-state index in [1.54, 1.807) is 0 Å². The number of amides is 1. The van der Waals surface area contributed by atoms with Crippen LogP contribution in [-0.4, -0.2) is 66.6 Å². The van der Waals surface area contributed by atoms with Crippen molar-refractivity contribution < 1.29 is 9.53 Å². The van der Waals surface area contributed by atoms with E-state index in [1.807, 2.05) is 4.90 Å². The Kier molecular flexibility index (Phi) is 5.78. The van der Waals surface area contributed by atoms with Crippen molar-refractivity contribution in [2.24, 2.45) is 0 Å². The van der Waals surface area contributed by atoms with Crippen molar-refractivity contribution in [3.8, 4) is 5.75 Å². The third-order valence-electron chi connectivity index (χ3n) is 7.39. The van der Waals surface area contributed by atoms with Crippen LogP contribution in [0.2, 0.25) is 0 Å². The monoisotopic (exact) mass is 397 g/mol. The standard InChI is InChI=1S/C24H35N3O2/c28-24-11-8-20(18-25-12-4-5-13-25)27(24)19-6-9-22(10-7-19)29-23-16-21(17-23)26-14-2-1-3-15-26/h6-7,9-10,20-21,23H,1-5,8,11-18H2/t20-,21?,23?/m0/s1. The molecule has 5 nitrogen and oxygen atoms in total. The van der Waals surface area contributed by atoms with Gasteiger partial charge in [-0.3, -0.25) is 4.79 Å². The summed E-state index contributed by atoms with van der Waals surface area (Å²) in [4.78, 5) is 19.8. The SMILES string of the molecule is O=C1CC[C@@H](CN2CCCC2)N1c1ccc(OC2CC(N3CCCCC3)C2)cc1. The Hall–Kier alpha value is -1.59. The summed E-state index contributed by atoms with van der Waals surface area (Å²) in [5.74, 6) is 1.21. The lowest BCUT2D eigenvalue weighted by molar-refractivity contribution is -0.117. The molecule has 1 atom stereocenters. The molecule has 4 aliphatic rings. The minimum atomic E-state index is 0.270. The average molecular weight is 398 g/mol. The highest BCUT2D eigenvalue weighted by molar-refractivity contribution is 5.96. The molecule has 4 fully saturated rings. The van der Waals surface area contributed by atoms with Crippen LogP contribution in [0.25, 0.3) is 0 Å². The number of benzene rings is 1. The summed E-state index contributed by atoms with van der Waals surface area (Å²) in [6.07, 6.45) is 11.0. The second kappa shape index (κ2) is 8.65.